The molecule has 1 fully saturated rings. The van der Waals surface area contributed by atoms with Crippen LogP contribution >= 0.6 is 0 Å². The molecule has 0 amide bonds. The third-order valence-electron chi connectivity index (χ3n) is 5.23. The predicted octanol–water partition coefficient (Wildman–Crippen LogP) is 2.79. The number of guanidine groups is 1. The number of methoxy groups -OCH3 is 1. The van der Waals surface area contributed by atoms with Crippen molar-refractivity contribution >= 4 is 5.96 Å². The maximum atomic E-state index is 10.0. The summed E-state index contributed by atoms with van der Waals surface area (Å²) in [6.07, 6.45) is 6.87. The Morgan fingerprint density at radius 3 is 2.65 bits per heavy atom. The number of phenols is 1. The average Bonchev–Trinajstić information content (AvgIpc) is 2.66. The van der Waals surface area contributed by atoms with Gasteiger partial charge in [-0.1, -0.05) is 19.3 Å². The van der Waals surface area contributed by atoms with Crippen molar-refractivity contribution in [2.75, 3.05) is 26.8 Å². The van der Waals surface area contributed by atoms with Crippen LogP contribution in [0.4, 0.5) is 0 Å². The first-order valence-corrected chi connectivity index (χ1v) is 9.61. The monoisotopic (exact) mass is 363 g/mol. The summed E-state index contributed by atoms with van der Waals surface area (Å²) in [6.45, 7) is 4.20. The van der Waals surface area contributed by atoms with Gasteiger partial charge < -0.3 is 25.6 Å². The highest BCUT2D eigenvalue weighted by molar-refractivity contribution is 5.79. The van der Waals surface area contributed by atoms with Gasteiger partial charge in [0.15, 0.2) is 5.96 Å². The van der Waals surface area contributed by atoms with Gasteiger partial charge in [-0.15, -0.1) is 0 Å². The molecule has 0 heterocycles. The topological polar surface area (TPSA) is 86.1 Å². The number of hydrogen-bond acceptors (Lipinski definition) is 4. The second-order valence-corrected chi connectivity index (χ2v) is 7.08. The van der Waals surface area contributed by atoms with Gasteiger partial charge in [0.25, 0.3) is 0 Å². The Kier molecular flexibility index (Phi) is 8.04. The number of nitrogens with zero attached hydrogens (tertiary/aromatic N) is 1. The summed E-state index contributed by atoms with van der Waals surface area (Å²) < 4.78 is 5.22. The number of ether oxygens (including phenoxy) is 1. The molecule has 1 aromatic carbocycles. The van der Waals surface area contributed by atoms with Crippen molar-refractivity contribution in [1.82, 2.24) is 10.6 Å². The van der Waals surface area contributed by atoms with Crippen molar-refractivity contribution in [3.8, 4) is 11.5 Å². The SMILES string of the molecule is CCNC(=NCc1cc(OC)ccc1O)NCC1(CCO)CCCCC1. The molecule has 0 atom stereocenters. The Morgan fingerprint density at radius 2 is 2.00 bits per heavy atom. The number of aromatic hydroxyl groups is 1. The van der Waals surface area contributed by atoms with Crippen LogP contribution in [0.1, 0.15) is 51.0 Å². The van der Waals surface area contributed by atoms with E-state index in [1.807, 2.05) is 6.92 Å². The Morgan fingerprint density at radius 1 is 1.23 bits per heavy atom. The van der Waals surface area contributed by atoms with E-state index in [9.17, 15) is 10.2 Å². The molecule has 0 bridgehead atoms. The van der Waals surface area contributed by atoms with Gasteiger partial charge in [-0.3, -0.25) is 0 Å². The van der Waals surface area contributed by atoms with Gasteiger partial charge in [-0.05, 0) is 49.8 Å². The molecule has 1 aliphatic carbocycles. The van der Waals surface area contributed by atoms with E-state index in [4.69, 9.17) is 4.74 Å². The average molecular weight is 364 g/mol. The predicted molar refractivity (Wildman–Crippen MR) is 105 cm³/mol. The highest BCUT2D eigenvalue weighted by Gasteiger charge is 2.31. The van der Waals surface area contributed by atoms with Gasteiger partial charge in [0.2, 0.25) is 0 Å². The van der Waals surface area contributed by atoms with E-state index in [2.05, 4.69) is 15.6 Å². The largest absolute Gasteiger partial charge is 0.508 e. The zero-order valence-electron chi connectivity index (χ0n) is 16.1. The van der Waals surface area contributed by atoms with Crippen LogP contribution in [0.2, 0.25) is 0 Å². The third kappa shape index (κ3) is 5.80. The summed E-state index contributed by atoms with van der Waals surface area (Å²) in [6, 6.07) is 5.16. The lowest BCUT2D eigenvalue weighted by atomic mass is 9.72. The van der Waals surface area contributed by atoms with E-state index in [-0.39, 0.29) is 17.8 Å². The minimum Gasteiger partial charge on any atom is -0.508 e. The van der Waals surface area contributed by atoms with Crippen molar-refractivity contribution < 1.29 is 14.9 Å². The highest BCUT2D eigenvalue weighted by Crippen LogP contribution is 2.38. The van der Waals surface area contributed by atoms with Crippen molar-refractivity contribution in [2.24, 2.45) is 10.4 Å². The second kappa shape index (κ2) is 10.3. The summed E-state index contributed by atoms with van der Waals surface area (Å²) in [4.78, 5) is 4.61. The first-order valence-electron chi connectivity index (χ1n) is 9.61. The minimum absolute atomic E-state index is 0.154. The van der Waals surface area contributed by atoms with Gasteiger partial charge in [0.05, 0.1) is 13.7 Å². The van der Waals surface area contributed by atoms with E-state index in [1.54, 1.807) is 25.3 Å². The van der Waals surface area contributed by atoms with Crippen LogP contribution in [0.25, 0.3) is 0 Å². The van der Waals surface area contributed by atoms with Crippen molar-refractivity contribution in [3.63, 3.8) is 0 Å². The Hall–Kier alpha value is -1.95. The number of aliphatic hydroxyl groups is 1. The molecule has 2 rings (SSSR count). The van der Waals surface area contributed by atoms with Gasteiger partial charge in [0, 0.05) is 25.3 Å². The number of benzene rings is 1. The number of rotatable bonds is 8. The quantitative estimate of drug-likeness (QED) is 0.421. The maximum absolute atomic E-state index is 10.0. The zero-order valence-corrected chi connectivity index (χ0v) is 16.1. The molecule has 0 aromatic heterocycles. The van der Waals surface area contributed by atoms with Gasteiger partial charge in [-0.2, -0.15) is 0 Å². The summed E-state index contributed by atoms with van der Waals surface area (Å²) in [5.41, 5.74) is 0.880. The molecule has 0 unspecified atom stereocenters. The normalized spacial score (nSPS) is 17.0. The molecule has 6 nitrogen and oxygen atoms in total. The molecule has 26 heavy (non-hydrogen) atoms. The minimum atomic E-state index is 0.154. The lowest BCUT2D eigenvalue weighted by Crippen LogP contribution is -2.44. The smallest absolute Gasteiger partial charge is 0.191 e. The van der Waals surface area contributed by atoms with Gasteiger partial charge >= 0.3 is 0 Å². The standard InChI is InChI=1S/C20H33N3O3/c1-3-21-19(22-14-16-13-17(26-2)7-8-18(16)25)23-15-20(11-12-24)9-5-4-6-10-20/h7-8,13,24-25H,3-6,9-12,14-15H2,1-2H3,(H2,21,22,23). The first-order chi connectivity index (χ1) is 12.6. The van der Waals surface area contributed by atoms with Crippen molar-refractivity contribution in [3.05, 3.63) is 23.8 Å². The van der Waals surface area contributed by atoms with Crippen LogP contribution in [-0.4, -0.2) is 43.0 Å². The zero-order chi connectivity index (χ0) is 18.8. The fourth-order valence-electron chi connectivity index (χ4n) is 3.65. The molecule has 0 spiro atoms. The van der Waals surface area contributed by atoms with Crippen molar-refractivity contribution in [2.45, 2.75) is 52.0 Å². The van der Waals surface area contributed by atoms with Gasteiger partial charge in [-0.25, -0.2) is 4.99 Å². The van der Waals surface area contributed by atoms with Gasteiger partial charge in [0.1, 0.15) is 11.5 Å². The molecular formula is C20H33N3O3. The number of hydrogen-bond donors (Lipinski definition) is 4. The fourth-order valence-corrected chi connectivity index (χ4v) is 3.65. The number of aliphatic imine (C=N–C) groups is 1. The second-order valence-electron chi connectivity index (χ2n) is 7.08. The van der Waals surface area contributed by atoms with Crippen LogP contribution in [0.3, 0.4) is 0 Å². The molecular weight excluding hydrogens is 330 g/mol. The number of phenolic OH excluding ortho intramolecular Hbond substituents is 1. The molecule has 6 heteroatoms. The van der Waals surface area contributed by atoms with Crippen LogP contribution < -0.4 is 15.4 Å². The summed E-state index contributed by atoms with van der Waals surface area (Å²) in [5, 5.41) is 26.2. The number of nitrogens with one attached hydrogen (secondary N) is 2. The molecule has 1 aliphatic rings. The van der Waals surface area contributed by atoms with E-state index < -0.39 is 0 Å². The molecule has 0 aliphatic heterocycles. The summed E-state index contributed by atoms with van der Waals surface area (Å²) in [7, 11) is 1.61. The van der Waals surface area contributed by atoms with Crippen molar-refractivity contribution in [1.29, 1.82) is 0 Å². The fraction of sp³-hybridized carbons (Fsp3) is 0.650. The lowest BCUT2D eigenvalue weighted by molar-refractivity contribution is 0.131. The molecule has 1 aromatic rings. The Balaban J connectivity index is 2.04. The molecule has 0 saturated heterocycles. The molecule has 0 radical (unpaired) electrons. The molecule has 146 valence electrons. The summed E-state index contributed by atoms with van der Waals surface area (Å²) in [5.74, 6) is 1.65. The van der Waals surface area contributed by atoms with E-state index in [0.29, 0.717) is 12.3 Å². The van der Waals surface area contributed by atoms with E-state index >= 15 is 0 Å². The third-order valence-corrected chi connectivity index (χ3v) is 5.23. The Labute approximate surface area is 156 Å². The van der Waals surface area contributed by atoms with Crippen LogP contribution in [0.15, 0.2) is 23.2 Å². The van der Waals surface area contributed by atoms with E-state index in [0.717, 1.165) is 43.9 Å². The lowest BCUT2D eigenvalue weighted by Gasteiger charge is -2.37. The first kappa shape index (κ1) is 20.4. The van der Waals surface area contributed by atoms with Crippen LogP contribution in [-0.2, 0) is 6.54 Å². The van der Waals surface area contributed by atoms with Crippen LogP contribution in [0.5, 0.6) is 11.5 Å². The summed E-state index contributed by atoms with van der Waals surface area (Å²) >= 11 is 0. The maximum Gasteiger partial charge on any atom is 0.191 e. The highest BCUT2D eigenvalue weighted by atomic mass is 16.5. The Bertz CT molecular complexity index is 578. The van der Waals surface area contributed by atoms with E-state index in [1.165, 1.54) is 19.3 Å². The molecule has 4 N–H and O–H groups in total. The molecule has 1 saturated carbocycles. The van der Waals surface area contributed by atoms with Crippen LogP contribution in [0, 0.1) is 5.41 Å². The number of aliphatic hydroxyl groups excluding tert-OH is 1.